The lowest BCUT2D eigenvalue weighted by molar-refractivity contribution is 0.571. The van der Waals surface area contributed by atoms with E-state index in [1.165, 1.54) is 45.3 Å². The fourth-order valence-corrected chi connectivity index (χ4v) is 6.89. The highest BCUT2D eigenvalue weighted by atomic mass is 32.1. The number of aromatic nitrogens is 8. The maximum absolute atomic E-state index is 5.73. The van der Waals surface area contributed by atoms with Crippen molar-refractivity contribution in [2.75, 3.05) is 0 Å². The molecular formula is C24H8N8O4S4. The Morgan fingerprint density at radius 2 is 0.575 bits per heavy atom. The van der Waals surface area contributed by atoms with Crippen molar-refractivity contribution in [1.82, 2.24) is 39.9 Å². The molecule has 192 valence electrons. The number of rotatable bonds is 0. The molecule has 0 N–H and O–H groups in total. The summed E-state index contributed by atoms with van der Waals surface area (Å²) in [6.45, 7) is 0. The van der Waals surface area contributed by atoms with Gasteiger partial charge in [0.25, 0.3) is 0 Å². The SMILES string of the molecule is c1sc2nc1-c1nc(co1)-c1nc(cs1)-c1nc(co1)-c1nc(cs1)-c1nc(co1)-c1nc(cs1)-c1nc-2co1. The predicted molar refractivity (Wildman–Crippen MR) is 146 cm³/mol. The maximum atomic E-state index is 5.73. The Bertz CT molecular complexity index is 1580. The van der Waals surface area contributed by atoms with Gasteiger partial charge in [-0.3, -0.25) is 0 Å². The molecule has 40 heavy (non-hydrogen) atoms. The molecule has 0 amide bonds. The quantitative estimate of drug-likeness (QED) is 0.174. The van der Waals surface area contributed by atoms with Gasteiger partial charge in [-0.15, -0.1) is 45.3 Å². The first-order valence-electron chi connectivity index (χ1n) is 11.4. The molecule has 0 saturated carbocycles. The minimum Gasteiger partial charge on any atom is -0.443 e. The fourth-order valence-electron chi connectivity index (χ4n) is 3.92. The van der Waals surface area contributed by atoms with Crippen LogP contribution in [-0.4, -0.2) is 39.9 Å². The third-order valence-electron chi connectivity index (χ3n) is 5.79. The van der Waals surface area contributed by atoms with Crippen LogP contribution in [0.1, 0.15) is 0 Å². The summed E-state index contributed by atoms with van der Waals surface area (Å²) in [4.78, 5) is 37.0. The summed E-state index contributed by atoms with van der Waals surface area (Å²) < 4.78 is 22.9. The summed E-state index contributed by atoms with van der Waals surface area (Å²) in [5, 5.41) is 10.1. The molecule has 0 unspecified atom stereocenters. The fraction of sp³-hybridized carbons (Fsp3) is 0. The number of nitrogens with zero attached hydrogens (tertiary/aromatic N) is 8. The van der Waals surface area contributed by atoms with E-state index in [4.69, 9.17) is 17.7 Å². The van der Waals surface area contributed by atoms with Crippen LogP contribution in [0.2, 0.25) is 0 Å². The summed E-state index contributed by atoms with van der Waals surface area (Å²) >= 11 is 5.63. The van der Waals surface area contributed by atoms with Crippen LogP contribution in [0.25, 0.3) is 89.1 Å². The number of fused-ring (bicyclic) bond motifs is 24. The van der Waals surface area contributed by atoms with Gasteiger partial charge in [0.05, 0.1) is 0 Å². The van der Waals surface area contributed by atoms with Gasteiger partial charge in [-0.2, -0.15) is 0 Å². The van der Waals surface area contributed by atoms with Crippen molar-refractivity contribution in [3.05, 3.63) is 46.6 Å². The zero-order chi connectivity index (χ0) is 26.2. The van der Waals surface area contributed by atoms with Crippen LogP contribution in [0.15, 0.2) is 64.2 Å². The molecule has 0 fully saturated rings. The van der Waals surface area contributed by atoms with E-state index in [2.05, 4.69) is 39.9 Å². The Morgan fingerprint density at radius 3 is 0.825 bits per heavy atom. The van der Waals surface area contributed by atoms with Crippen LogP contribution in [0.5, 0.6) is 0 Å². The van der Waals surface area contributed by atoms with E-state index >= 15 is 0 Å². The average Bonchev–Trinajstić information content (AvgIpc) is 3.84. The summed E-state index contributed by atoms with van der Waals surface area (Å²) in [6.07, 6.45) is 6.22. The number of thiazole rings is 4. The number of hydrogen-bond donors (Lipinski definition) is 0. The molecule has 0 atom stereocenters. The molecule has 16 bridgehead atoms. The summed E-state index contributed by atoms with van der Waals surface area (Å²) in [6, 6.07) is 0. The summed E-state index contributed by atoms with van der Waals surface area (Å²) in [5.41, 5.74) is 4.67. The molecule has 1 aliphatic heterocycles. The lowest BCUT2D eigenvalue weighted by Crippen LogP contribution is -1.84. The van der Waals surface area contributed by atoms with Gasteiger partial charge < -0.3 is 17.7 Å². The van der Waals surface area contributed by atoms with E-state index in [0.29, 0.717) is 89.1 Å². The second-order valence-electron chi connectivity index (χ2n) is 8.30. The first kappa shape index (κ1) is 22.2. The van der Waals surface area contributed by atoms with Crippen LogP contribution in [-0.2, 0) is 0 Å². The van der Waals surface area contributed by atoms with Crippen LogP contribution < -0.4 is 0 Å². The smallest absolute Gasteiger partial charge is 0.246 e. The van der Waals surface area contributed by atoms with Crippen LogP contribution in [0.3, 0.4) is 0 Å². The third-order valence-corrected chi connectivity index (χ3v) is 9.25. The third kappa shape index (κ3) is 3.54. The van der Waals surface area contributed by atoms with E-state index in [-0.39, 0.29) is 0 Å². The zero-order valence-electron chi connectivity index (χ0n) is 19.5. The van der Waals surface area contributed by atoms with E-state index in [0.717, 1.165) is 0 Å². The van der Waals surface area contributed by atoms with Crippen molar-refractivity contribution in [2.45, 2.75) is 0 Å². The van der Waals surface area contributed by atoms with Crippen LogP contribution in [0, 0.1) is 0 Å². The molecule has 0 radical (unpaired) electrons. The van der Waals surface area contributed by atoms with Gasteiger partial charge in [-0.05, 0) is 0 Å². The molecule has 0 spiro atoms. The van der Waals surface area contributed by atoms with E-state index in [1.807, 2.05) is 21.5 Å². The maximum Gasteiger partial charge on any atom is 0.246 e. The largest absolute Gasteiger partial charge is 0.443 e. The normalized spacial score (nSPS) is 12.0. The van der Waals surface area contributed by atoms with Crippen molar-refractivity contribution < 1.29 is 17.7 Å². The Kier molecular flexibility index (Phi) is 4.68. The molecule has 8 aromatic rings. The molecule has 0 aliphatic carbocycles. The van der Waals surface area contributed by atoms with E-state index in [1.54, 1.807) is 25.1 Å². The minimum absolute atomic E-state index is 0.376. The van der Waals surface area contributed by atoms with E-state index in [9.17, 15) is 0 Å². The average molecular weight is 601 g/mol. The van der Waals surface area contributed by atoms with Gasteiger partial charge in [-0.25, -0.2) is 39.9 Å². The zero-order valence-corrected chi connectivity index (χ0v) is 22.7. The highest BCUT2D eigenvalue weighted by molar-refractivity contribution is 7.14. The molecule has 8 aromatic heterocycles. The lowest BCUT2D eigenvalue weighted by atomic mass is 10.4. The lowest BCUT2D eigenvalue weighted by Gasteiger charge is -1.89. The molecule has 0 aromatic carbocycles. The molecular weight excluding hydrogens is 593 g/mol. The van der Waals surface area contributed by atoms with Gasteiger partial charge >= 0.3 is 0 Å². The number of hydrogen-bond acceptors (Lipinski definition) is 16. The van der Waals surface area contributed by atoms with Crippen molar-refractivity contribution in [2.24, 2.45) is 0 Å². The Hall–Kier alpha value is -4.64. The standard InChI is InChI=1S/C24H8N8O4S4/c1-9-21-29-14(6-37-21)18-26-11(3-34-18)23-31-16(8-39-23)20-28-12(4-36-20)24-32-15(7-40-24)19-27-10(2-35-19)22-30-13(5-38-22)17(25-9)33-1/h1-8H. The Morgan fingerprint density at radius 1 is 0.325 bits per heavy atom. The molecule has 9 heterocycles. The highest BCUT2D eigenvalue weighted by Crippen LogP contribution is 2.36. The number of oxazole rings is 4. The van der Waals surface area contributed by atoms with Gasteiger partial charge in [0.15, 0.2) is 0 Å². The molecule has 16 heteroatoms. The van der Waals surface area contributed by atoms with Gasteiger partial charge in [0.2, 0.25) is 23.6 Å². The monoisotopic (exact) mass is 600 g/mol. The van der Waals surface area contributed by atoms with Crippen molar-refractivity contribution in [3.8, 4) is 89.1 Å². The first-order valence-corrected chi connectivity index (χ1v) is 14.9. The predicted octanol–water partition coefficient (Wildman–Crippen LogP) is 7.11. The highest BCUT2D eigenvalue weighted by Gasteiger charge is 2.22. The van der Waals surface area contributed by atoms with Crippen molar-refractivity contribution in [1.29, 1.82) is 0 Å². The minimum atomic E-state index is 0.376. The molecule has 12 nitrogen and oxygen atoms in total. The van der Waals surface area contributed by atoms with Gasteiger partial charge in [0, 0.05) is 21.5 Å². The second kappa shape index (κ2) is 8.43. The van der Waals surface area contributed by atoms with Crippen LogP contribution >= 0.6 is 45.3 Å². The van der Waals surface area contributed by atoms with Gasteiger partial charge in [-0.1, -0.05) is 0 Å². The summed E-state index contributed by atoms with van der Waals surface area (Å²) in [7, 11) is 0. The topological polar surface area (TPSA) is 156 Å². The van der Waals surface area contributed by atoms with E-state index < -0.39 is 0 Å². The Balaban J connectivity index is 1.17. The Labute approximate surface area is 237 Å². The second-order valence-corrected chi connectivity index (χ2v) is 11.7. The van der Waals surface area contributed by atoms with Crippen molar-refractivity contribution >= 4 is 45.3 Å². The molecule has 1 aliphatic rings. The molecule has 0 saturated heterocycles. The van der Waals surface area contributed by atoms with Gasteiger partial charge in [0.1, 0.15) is 90.6 Å². The van der Waals surface area contributed by atoms with Crippen LogP contribution in [0.4, 0.5) is 0 Å². The first-order chi connectivity index (χ1) is 19.7. The van der Waals surface area contributed by atoms with Crippen molar-refractivity contribution in [3.63, 3.8) is 0 Å². The molecule has 9 rings (SSSR count). The summed E-state index contributed by atoms with van der Waals surface area (Å²) in [5.74, 6) is 1.51.